The van der Waals surface area contributed by atoms with Gasteiger partial charge in [0.1, 0.15) is 11.5 Å². The molecule has 23 heavy (non-hydrogen) atoms. The van der Waals surface area contributed by atoms with E-state index >= 15 is 0 Å². The summed E-state index contributed by atoms with van der Waals surface area (Å²) in [6, 6.07) is 5.93. The molecule has 0 saturated carbocycles. The van der Waals surface area contributed by atoms with Crippen LogP contribution < -0.4 is 10.1 Å². The number of hydrogen-bond acceptors (Lipinski definition) is 5. The van der Waals surface area contributed by atoms with Crippen LogP contribution in [0.5, 0.6) is 11.5 Å². The highest BCUT2D eigenvalue weighted by Gasteiger charge is 2.13. The van der Waals surface area contributed by atoms with Crippen molar-refractivity contribution < 1.29 is 24.5 Å². The van der Waals surface area contributed by atoms with Gasteiger partial charge in [0.15, 0.2) is 0 Å². The number of phenolic OH excluding ortho intramolecular Hbond substituents is 1. The van der Waals surface area contributed by atoms with Crippen molar-refractivity contribution >= 4 is 28.9 Å². The number of hydrogen-bond donors (Lipinski definition) is 3. The number of thiophene rings is 1. The second kappa shape index (κ2) is 7.15. The zero-order valence-electron chi connectivity index (χ0n) is 12.7. The number of amides is 1. The van der Waals surface area contributed by atoms with Gasteiger partial charge in [-0.05, 0) is 32.0 Å². The first-order valence-corrected chi connectivity index (χ1v) is 7.83. The lowest BCUT2D eigenvalue weighted by atomic mass is 10.2. The molecule has 0 atom stereocenters. The van der Waals surface area contributed by atoms with E-state index in [2.05, 4.69) is 5.32 Å². The number of phenols is 1. The molecule has 1 heterocycles. The molecule has 0 radical (unpaired) electrons. The maximum absolute atomic E-state index is 12.1. The van der Waals surface area contributed by atoms with Crippen molar-refractivity contribution in [2.75, 3.05) is 5.32 Å². The number of anilines is 1. The van der Waals surface area contributed by atoms with Crippen molar-refractivity contribution in [1.29, 1.82) is 0 Å². The first-order chi connectivity index (χ1) is 10.8. The fourth-order valence-corrected chi connectivity index (χ4v) is 2.76. The molecule has 0 unspecified atom stereocenters. The third-order valence-electron chi connectivity index (χ3n) is 2.84. The maximum Gasteiger partial charge on any atom is 0.336 e. The molecule has 3 N–H and O–H groups in total. The SMILES string of the molecule is CC(C)Oc1cc(O)ccc1NC(=O)Cc1cc(C(=O)O)cs1. The number of aromatic carboxylic acids is 1. The van der Waals surface area contributed by atoms with Crippen LogP contribution in [-0.4, -0.2) is 28.2 Å². The molecule has 0 spiro atoms. The Labute approximate surface area is 137 Å². The van der Waals surface area contributed by atoms with Gasteiger partial charge in [-0.3, -0.25) is 4.79 Å². The third kappa shape index (κ3) is 4.72. The molecule has 2 aromatic rings. The lowest BCUT2D eigenvalue weighted by Gasteiger charge is -2.15. The summed E-state index contributed by atoms with van der Waals surface area (Å²) in [6.07, 6.45) is -0.0391. The Balaban J connectivity index is 2.08. The van der Waals surface area contributed by atoms with Crippen molar-refractivity contribution in [2.45, 2.75) is 26.4 Å². The molecular weight excluding hydrogens is 318 g/mol. The van der Waals surface area contributed by atoms with Crippen LogP contribution in [0.2, 0.25) is 0 Å². The summed E-state index contributed by atoms with van der Waals surface area (Å²) in [5.74, 6) is -0.879. The number of ether oxygens (including phenoxy) is 1. The van der Waals surface area contributed by atoms with Crippen molar-refractivity contribution in [1.82, 2.24) is 0 Å². The normalized spacial score (nSPS) is 10.6. The maximum atomic E-state index is 12.1. The molecule has 122 valence electrons. The monoisotopic (exact) mass is 335 g/mol. The zero-order valence-corrected chi connectivity index (χ0v) is 13.5. The molecule has 0 aliphatic carbocycles. The van der Waals surface area contributed by atoms with Crippen LogP contribution in [0.15, 0.2) is 29.6 Å². The van der Waals surface area contributed by atoms with Gasteiger partial charge in [0.05, 0.1) is 23.8 Å². The van der Waals surface area contributed by atoms with Gasteiger partial charge in [0, 0.05) is 16.3 Å². The van der Waals surface area contributed by atoms with Gasteiger partial charge in [0.25, 0.3) is 0 Å². The molecule has 2 rings (SSSR count). The topological polar surface area (TPSA) is 95.9 Å². The van der Waals surface area contributed by atoms with Gasteiger partial charge >= 0.3 is 5.97 Å². The van der Waals surface area contributed by atoms with Gasteiger partial charge in [-0.15, -0.1) is 11.3 Å². The fraction of sp³-hybridized carbons (Fsp3) is 0.250. The molecule has 0 bridgehead atoms. The quantitative estimate of drug-likeness (QED) is 0.705. The first-order valence-electron chi connectivity index (χ1n) is 6.95. The number of benzene rings is 1. The van der Waals surface area contributed by atoms with Gasteiger partial charge in [-0.1, -0.05) is 0 Å². The van der Waals surface area contributed by atoms with Crippen LogP contribution in [0.25, 0.3) is 0 Å². The standard InChI is InChI=1S/C16H17NO5S/c1-9(2)22-14-6-11(18)3-4-13(14)17-15(19)7-12-5-10(8-23-12)16(20)21/h3-6,8-9,18H,7H2,1-2H3,(H,17,19)(H,20,21). The summed E-state index contributed by atoms with van der Waals surface area (Å²) in [5, 5.41) is 22.6. The number of carbonyl (C=O) groups is 2. The van der Waals surface area contributed by atoms with E-state index in [-0.39, 0.29) is 29.7 Å². The molecule has 1 aromatic carbocycles. The minimum atomic E-state index is -1.01. The predicted molar refractivity (Wildman–Crippen MR) is 87.5 cm³/mol. The highest BCUT2D eigenvalue weighted by atomic mass is 32.1. The summed E-state index contributed by atoms with van der Waals surface area (Å²) >= 11 is 1.22. The largest absolute Gasteiger partial charge is 0.508 e. The Morgan fingerprint density at radius 2 is 2.04 bits per heavy atom. The Morgan fingerprint density at radius 3 is 2.65 bits per heavy atom. The number of rotatable bonds is 6. The number of carboxylic acids is 1. The van der Waals surface area contributed by atoms with Crippen molar-refractivity contribution in [3.05, 3.63) is 40.1 Å². The van der Waals surface area contributed by atoms with Crippen molar-refractivity contribution in [3.8, 4) is 11.5 Å². The second-order valence-corrected chi connectivity index (χ2v) is 6.17. The van der Waals surface area contributed by atoms with E-state index < -0.39 is 5.97 Å². The molecular formula is C16H17NO5S. The minimum Gasteiger partial charge on any atom is -0.508 e. The van der Waals surface area contributed by atoms with Crippen molar-refractivity contribution in [3.63, 3.8) is 0 Å². The average molecular weight is 335 g/mol. The Morgan fingerprint density at radius 1 is 1.30 bits per heavy atom. The highest BCUT2D eigenvalue weighted by molar-refractivity contribution is 7.10. The molecule has 7 heteroatoms. The van der Waals surface area contributed by atoms with E-state index in [9.17, 15) is 14.7 Å². The lowest BCUT2D eigenvalue weighted by molar-refractivity contribution is -0.115. The Kier molecular flexibility index (Phi) is 5.23. The first kappa shape index (κ1) is 16.8. The Bertz CT molecular complexity index is 723. The van der Waals surface area contributed by atoms with E-state index in [0.717, 1.165) is 0 Å². The molecule has 0 fully saturated rings. The average Bonchev–Trinajstić information content (AvgIpc) is 2.90. The summed E-state index contributed by atoms with van der Waals surface area (Å²) in [4.78, 5) is 23.6. The van der Waals surface area contributed by atoms with Crippen LogP contribution in [-0.2, 0) is 11.2 Å². The van der Waals surface area contributed by atoms with E-state index in [4.69, 9.17) is 9.84 Å². The van der Waals surface area contributed by atoms with Gasteiger partial charge < -0.3 is 20.3 Å². The fourth-order valence-electron chi connectivity index (χ4n) is 1.90. The predicted octanol–water partition coefficient (Wildman–Crippen LogP) is 3.12. The molecule has 1 amide bonds. The molecule has 0 saturated heterocycles. The lowest BCUT2D eigenvalue weighted by Crippen LogP contribution is -2.16. The van der Waals surface area contributed by atoms with Crippen molar-refractivity contribution in [2.24, 2.45) is 0 Å². The van der Waals surface area contributed by atoms with E-state index in [1.165, 1.54) is 34.9 Å². The van der Waals surface area contributed by atoms with E-state index in [1.54, 1.807) is 6.07 Å². The molecule has 0 aliphatic heterocycles. The number of carboxylic acid groups (broad SMARTS) is 1. The molecule has 6 nitrogen and oxygen atoms in total. The second-order valence-electron chi connectivity index (χ2n) is 5.18. The number of aromatic hydroxyl groups is 1. The molecule has 0 aliphatic rings. The zero-order chi connectivity index (χ0) is 17.0. The third-order valence-corrected chi connectivity index (χ3v) is 3.77. The van der Waals surface area contributed by atoms with Crippen LogP contribution in [0.4, 0.5) is 5.69 Å². The molecule has 1 aromatic heterocycles. The minimum absolute atomic E-state index is 0.0444. The smallest absolute Gasteiger partial charge is 0.336 e. The number of carbonyl (C=O) groups excluding carboxylic acids is 1. The van der Waals surface area contributed by atoms with Crippen LogP contribution in [0.1, 0.15) is 29.1 Å². The summed E-state index contributed by atoms with van der Waals surface area (Å²) in [5.41, 5.74) is 0.628. The van der Waals surface area contributed by atoms with Gasteiger partial charge in [-0.2, -0.15) is 0 Å². The van der Waals surface area contributed by atoms with Gasteiger partial charge in [-0.25, -0.2) is 4.79 Å². The highest BCUT2D eigenvalue weighted by Crippen LogP contribution is 2.30. The van der Waals surface area contributed by atoms with Gasteiger partial charge in [0.2, 0.25) is 5.91 Å². The van der Waals surface area contributed by atoms with E-state index in [0.29, 0.717) is 16.3 Å². The van der Waals surface area contributed by atoms with Crippen LogP contribution in [0.3, 0.4) is 0 Å². The van der Waals surface area contributed by atoms with Crippen LogP contribution >= 0.6 is 11.3 Å². The van der Waals surface area contributed by atoms with E-state index in [1.807, 2.05) is 13.8 Å². The Hall–Kier alpha value is -2.54. The van der Waals surface area contributed by atoms with Crippen LogP contribution in [0, 0.1) is 0 Å². The summed E-state index contributed by atoms with van der Waals surface area (Å²) in [7, 11) is 0. The summed E-state index contributed by atoms with van der Waals surface area (Å²) < 4.78 is 5.56. The summed E-state index contributed by atoms with van der Waals surface area (Å²) in [6.45, 7) is 3.68. The number of nitrogens with one attached hydrogen (secondary N) is 1.